The second kappa shape index (κ2) is 12.0. The lowest BCUT2D eigenvalue weighted by Crippen LogP contribution is -2.19. The number of allylic oxidation sites excluding steroid dienone is 3. The molecule has 0 bridgehead atoms. The maximum absolute atomic E-state index is 12.1. The van der Waals surface area contributed by atoms with Crippen molar-refractivity contribution in [2.45, 2.75) is 76.9 Å². The van der Waals surface area contributed by atoms with Gasteiger partial charge in [-0.05, 0) is 25.7 Å². The highest BCUT2D eigenvalue weighted by Gasteiger charge is 2.39. The molecule has 0 heterocycles. The van der Waals surface area contributed by atoms with E-state index >= 15 is 0 Å². The Kier molecular flexibility index (Phi) is 10.3. The Morgan fingerprint density at radius 2 is 2.04 bits per heavy atom. The molecule has 1 saturated carbocycles. The van der Waals surface area contributed by atoms with Gasteiger partial charge in [0.2, 0.25) is 0 Å². The summed E-state index contributed by atoms with van der Waals surface area (Å²) in [5.41, 5.74) is 0. The molecule has 1 aliphatic rings. The third-order valence-corrected chi connectivity index (χ3v) is 4.72. The molecular formula is C20H32O5. The number of carbonyl (C=O) groups is 2. The molecule has 1 rings (SSSR count). The lowest BCUT2D eigenvalue weighted by molar-refractivity contribution is -0.137. The molecule has 0 aliphatic heterocycles. The van der Waals surface area contributed by atoms with Crippen LogP contribution in [-0.4, -0.2) is 39.3 Å². The molecule has 1 aliphatic carbocycles. The monoisotopic (exact) mass is 352 g/mol. The molecule has 0 saturated heterocycles. The molecule has 0 aromatic heterocycles. The van der Waals surface area contributed by atoms with Crippen molar-refractivity contribution >= 4 is 11.8 Å². The van der Waals surface area contributed by atoms with Crippen molar-refractivity contribution in [3.8, 4) is 0 Å². The van der Waals surface area contributed by atoms with Gasteiger partial charge in [-0.2, -0.15) is 0 Å². The normalized spacial score (nSPS) is 25.2. The van der Waals surface area contributed by atoms with Gasteiger partial charge in [0.1, 0.15) is 5.78 Å². The molecule has 5 heteroatoms. The van der Waals surface area contributed by atoms with Gasteiger partial charge >= 0.3 is 5.97 Å². The number of carbonyl (C=O) groups excluding carboxylic acids is 1. The number of rotatable bonds is 12. The van der Waals surface area contributed by atoms with Crippen molar-refractivity contribution in [1.29, 1.82) is 0 Å². The number of carboxylic acids is 1. The molecule has 4 atom stereocenters. The Labute approximate surface area is 150 Å². The van der Waals surface area contributed by atoms with Crippen LogP contribution in [-0.2, 0) is 9.59 Å². The summed E-state index contributed by atoms with van der Waals surface area (Å²) >= 11 is 0. The molecule has 0 spiro atoms. The fourth-order valence-corrected chi connectivity index (χ4v) is 3.22. The van der Waals surface area contributed by atoms with Crippen molar-refractivity contribution in [3.05, 3.63) is 24.3 Å². The molecule has 25 heavy (non-hydrogen) atoms. The molecule has 0 unspecified atom stereocenters. The predicted octanol–water partition coefficient (Wildman–Crippen LogP) is 3.25. The smallest absolute Gasteiger partial charge is 0.303 e. The van der Waals surface area contributed by atoms with Crippen LogP contribution in [0.4, 0.5) is 0 Å². The molecule has 0 amide bonds. The molecule has 0 radical (unpaired) electrons. The zero-order chi connectivity index (χ0) is 18.7. The zero-order valence-electron chi connectivity index (χ0n) is 15.1. The molecule has 142 valence electrons. The summed E-state index contributed by atoms with van der Waals surface area (Å²) in [7, 11) is 0. The Morgan fingerprint density at radius 3 is 2.72 bits per heavy atom. The van der Waals surface area contributed by atoms with E-state index in [2.05, 4.69) is 6.92 Å². The SMILES string of the molecule is CCCCC[C@@H](O)/C=C/[C@H]1C(=O)C[C@H](O)[C@H]1C/C=C\CCCC(=O)O. The summed E-state index contributed by atoms with van der Waals surface area (Å²) in [6.07, 6.45) is 12.1. The number of hydrogen-bond acceptors (Lipinski definition) is 4. The van der Waals surface area contributed by atoms with Crippen molar-refractivity contribution < 1.29 is 24.9 Å². The minimum Gasteiger partial charge on any atom is -0.481 e. The van der Waals surface area contributed by atoms with Crippen LogP contribution in [0.3, 0.4) is 0 Å². The number of aliphatic hydroxyl groups is 2. The van der Waals surface area contributed by atoms with Crippen molar-refractivity contribution in [3.63, 3.8) is 0 Å². The highest BCUT2D eigenvalue weighted by Crippen LogP contribution is 2.33. The minimum absolute atomic E-state index is 0.0220. The van der Waals surface area contributed by atoms with Gasteiger partial charge < -0.3 is 15.3 Å². The largest absolute Gasteiger partial charge is 0.481 e. The fraction of sp³-hybridized carbons (Fsp3) is 0.700. The number of aliphatic carboxylic acids is 1. The summed E-state index contributed by atoms with van der Waals surface area (Å²) in [5, 5.41) is 28.7. The van der Waals surface area contributed by atoms with Crippen LogP contribution in [0.2, 0.25) is 0 Å². The number of aliphatic hydroxyl groups excluding tert-OH is 2. The van der Waals surface area contributed by atoms with Crippen LogP contribution in [0.1, 0.15) is 64.7 Å². The summed E-state index contributed by atoms with van der Waals surface area (Å²) in [6, 6.07) is 0. The van der Waals surface area contributed by atoms with E-state index in [9.17, 15) is 19.8 Å². The van der Waals surface area contributed by atoms with Crippen LogP contribution in [0.25, 0.3) is 0 Å². The number of hydrogen-bond donors (Lipinski definition) is 3. The Hall–Kier alpha value is -1.46. The summed E-state index contributed by atoms with van der Waals surface area (Å²) < 4.78 is 0. The fourth-order valence-electron chi connectivity index (χ4n) is 3.22. The zero-order valence-corrected chi connectivity index (χ0v) is 15.1. The maximum Gasteiger partial charge on any atom is 0.303 e. The lowest BCUT2D eigenvalue weighted by Gasteiger charge is -2.17. The maximum atomic E-state index is 12.1. The molecular weight excluding hydrogens is 320 g/mol. The topological polar surface area (TPSA) is 94.8 Å². The number of carboxylic acid groups (broad SMARTS) is 1. The van der Waals surface area contributed by atoms with Crippen LogP contribution in [0.15, 0.2) is 24.3 Å². The minimum atomic E-state index is -0.798. The van der Waals surface area contributed by atoms with Crippen LogP contribution in [0.5, 0.6) is 0 Å². The highest BCUT2D eigenvalue weighted by atomic mass is 16.4. The van der Waals surface area contributed by atoms with Crippen molar-refractivity contribution in [1.82, 2.24) is 0 Å². The molecule has 1 fully saturated rings. The number of Topliss-reactive ketones (excluding diaryl/α,β-unsaturated/α-hetero) is 1. The van der Waals surface area contributed by atoms with E-state index in [0.717, 1.165) is 19.3 Å². The number of unbranched alkanes of at least 4 members (excludes halogenated alkanes) is 3. The Bertz CT molecular complexity index is 469. The van der Waals surface area contributed by atoms with Gasteiger partial charge in [0.15, 0.2) is 0 Å². The van der Waals surface area contributed by atoms with E-state index in [1.807, 2.05) is 12.2 Å². The van der Waals surface area contributed by atoms with Gasteiger partial charge in [-0.25, -0.2) is 0 Å². The predicted molar refractivity (Wildman–Crippen MR) is 97.1 cm³/mol. The van der Waals surface area contributed by atoms with Crippen LogP contribution in [0, 0.1) is 11.8 Å². The second-order valence-electron chi connectivity index (χ2n) is 6.87. The third kappa shape index (κ3) is 8.45. The van der Waals surface area contributed by atoms with Gasteiger partial charge in [-0.1, -0.05) is 50.5 Å². The quantitative estimate of drug-likeness (QED) is 0.370. The summed E-state index contributed by atoms with van der Waals surface area (Å²) in [6.45, 7) is 2.11. The van der Waals surface area contributed by atoms with Gasteiger partial charge in [-0.3, -0.25) is 9.59 Å². The first kappa shape index (κ1) is 21.6. The summed E-state index contributed by atoms with van der Waals surface area (Å²) in [4.78, 5) is 22.5. The van der Waals surface area contributed by atoms with Gasteiger partial charge in [0, 0.05) is 24.7 Å². The standard InChI is InChI=1S/C20H32O5/c1-2-3-6-9-15(21)12-13-17-16(18(22)14-19(17)23)10-7-4-5-8-11-20(24)25/h4,7,12-13,15-18,21-22H,2-3,5-6,8-11,14H2,1H3,(H,24,25)/b7-4-,13-12+/t15-,16+,17-,18+/m1/s1. The van der Waals surface area contributed by atoms with Crippen LogP contribution >= 0.6 is 0 Å². The highest BCUT2D eigenvalue weighted by molar-refractivity contribution is 5.86. The average Bonchev–Trinajstić information content (AvgIpc) is 2.82. The van der Waals surface area contributed by atoms with E-state index in [0.29, 0.717) is 25.7 Å². The van der Waals surface area contributed by atoms with E-state index in [1.165, 1.54) is 0 Å². The van der Waals surface area contributed by atoms with Gasteiger partial charge in [0.25, 0.3) is 0 Å². The number of ketones is 1. The Balaban J connectivity index is 2.48. The van der Waals surface area contributed by atoms with Crippen molar-refractivity contribution in [2.24, 2.45) is 11.8 Å². The molecule has 0 aromatic rings. The van der Waals surface area contributed by atoms with Gasteiger partial charge in [-0.15, -0.1) is 0 Å². The molecule has 5 nitrogen and oxygen atoms in total. The molecule has 0 aromatic carbocycles. The first-order valence-corrected chi connectivity index (χ1v) is 9.39. The van der Waals surface area contributed by atoms with E-state index in [-0.39, 0.29) is 30.5 Å². The van der Waals surface area contributed by atoms with Crippen LogP contribution < -0.4 is 0 Å². The lowest BCUT2D eigenvalue weighted by atomic mass is 9.90. The average molecular weight is 352 g/mol. The van der Waals surface area contributed by atoms with E-state index < -0.39 is 18.2 Å². The Morgan fingerprint density at radius 1 is 1.28 bits per heavy atom. The van der Waals surface area contributed by atoms with Crippen molar-refractivity contribution in [2.75, 3.05) is 0 Å². The second-order valence-corrected chi connectivity index (χ2v) is 6.87. The first-order valence-electron chi connectivity index (χ1n) is 9.39. The van der Waals surface area contributed by atoms with E-state index in [4.69, 9.17) is 5.11 Å². The summed E-state index contributed by atoms with van der Waals surface area (Å²) in [5.74, 6) is -1.29. The molecule has 3 N–H and O–H groups in total. The third-order valence-electron chi connectivity index (χ3n) is 4.72. The van der Waals surface area contributed by atoms with E-state index in [1.54, 1.807) is 12.2 Å². The van der Waals surface area contributed by atoms with Gasteiger partial charge in [0.05, 0.1) is 12.2 Å². The first-order chi connectivity index (χ1) is 12.0.